The van der Waals surface area contributed by atoms with Crippen molar-refractivity contribution in [1.82, 2.24) is 4.98 Å². The van der Waals surface area contributed by atoms with Crippen molar-refractivity contribution in [1.29, 1.82) is 0 Å². The number of rotatable bonds is 3. The van der Waals surface area contributed by atoms with Crippen LogP contribution in [0.4, 0.5) is 0 Å². The molecule has 0 N–H and O–H groups in total. The van der Waals surface area contributed by atoms with Crippen LogP contribution in [-0.2, 0) is 9.47 Å². The lowest BCUT2D eigenvalue weighted by Crippen LogP contribution is -2.16. The van der Waals surface area contributed by atoms with E-state index in [-0.39, 0.29) is 11.3 Å². The van der Waals surface area contributed by atoms with E-state index < -0.39 is 11.9 Å². The van der Waals surface area contributed by atoms with Crippen LogP contribution < -0.4 is 0 Å². The highest BCUT2D eigenvalue weighted by atomic mass is 35.5. The molecule has 0 saturated carbocycles. The second-order valence-corrected chi connectivity index (χ2v) is 5.66. The van der Waals surface area contributed by atoms with Crippen molar-refractivity contribution in [2.45, 2.75) is 0 Å². The van der Waals surface area contributed by atoms with Gasteiger partial charge in [-0.05, 0) is 23.8 Å². The quantitative estimate of drug-likeness (QED) is 0.661. The molecule has 1 aromatic heterocycles. The molecule has 0 radical (unpaired) electrons. The third-order valence-corrected chi connectivity index (χ3v) is 4.01. The molecule has 0 aliphatic carbocycles. The molecule has 126 valence electrons. The predicted octanol–water partition coefficient (Wildman–Crippen LogP) is 4.13. The highest BCUT2D eigenvalue weighted by Gasteiger charge is 2.27. The van der Waals surface area contributed by atoms with Crippen molar-refractivity contribution in [2.75, 3.05) is 14.2 Å². The molecule has 3 rings (SSSR count). The van der Waals surface area contributed by atoms with Gasteiger partial charge in [0.1, 0.15) is 5.56 Å². The number of carbonyl (C=O) groups excluding carboxylic acids is 2. The first-order chi connectivity index (χ1) is 12.1. The largest absolute Gasteiger partial charge is 0.465 e. The van der Waals surface area contributed by atoms with Crippen molar-refractivity contribution in [3.63, 3.8) is 0 Å². The minimum absolute atomic E-state index is 0.0512. The van der Waals surface area contributed by atoms with Crippen LogP contribution in [0.1, 0.15) is 20.8 Å². The SMILES string of the molecule is COC(=O)c1nc2ccc(Cl)cc2c(-c2ccccc2)c1C(=O)OC. The molecule has 6 heteroatoms. The van der Waals surface area contributed by atoms with Gasteiger partial charge in [0.2, 0.25) is 0 Å². The summed E-state index contributed by atoms with van der Waals surface area (Å²) < 4.78 is 9.69. The Bertz CT molecular complexity index is 970. The summed E-state index contributed by atoms with van der Waals surface area (Å²) in [6.07, 6.45) is 0. The molecule has 2 aromatic carbocycles. The maximum Gasteiger partial charge on any atom is 0.357 e. The average Bonchev–Trinajstić information content (AvgIpc) is 2.65. The van der Waals surface area contributed by atoms with Crippen molar-refractivity contribution >= 4 is 34.4 Å². The second-order valence-electron chi connectivity index (χ2n) is 5.22. The topological polar surface area (TPSA) is 65.5 Å². The van der Waals surface area contributed by atoms with Gasteiger partial charge < -0.3 is 9.47 Å². The van der Waals surface area contributed by atoms with Crippen LogP contribution in [0, 0.1) is 0 Å². The maximum atomic E-state index is 12.5. The van der Waals surface area contributed by atoms with Gasteiger partial charge in [0, 0.05) is 16.0 Å². The van der Waals surface area contributed by atoms with Gasteiger partial charge in [-0.25, -0.2) is 14.6 Å². The fourth-order valence-corrected chi connectivity index (χ4v) is 2.86. The molecule has 5 nitrogen and oxygen atoms in total. The van der Waals surface area contributed by atoms with Gasteiger partial charge in [0.05, 0.1) is 19.7 Å². The zero-order valence-corrected chi connectivity index (χ0v) is 14.3. The minimum atomic E-state index is -0.713. The third-order valence-electron chi connectivity index (χ3n) is 3.78. The Morgan fingerprint density at radius 2 is 1.64 bits per heavy atom. The van der Waals surface area contributed by atoms with Crippen molar-refractivity contribution in [3.8, 4) is 11.1 Å². The van der Waals surface area contributed by atoms with Gasteiger partial charge in [-0.3, -0.25) is 0 Å². The Hall–Kier alpha value is -2.92. The van der Waals surface area contributed by atoms with E-state index in [9.17, 15) is 9.59 Å². The molecular formula is C19H14ClNO4. The predicted molar refractivity (Wildman–Crippen MR) is 94.9 cm³/mol. The zero-order chi connectivity index (χ0) is 18.0. The number of hydrogen-bond acceptors (Lipinski definition) is 5. The average molecular weight is 356 g/mol. The molecule has 3 aromatic rings. The number of pyridine rings is 1. The van der Waals surface area contributed by atoms with Crippen LogP contribution in [0.15, 0.2) is 48.5 Å². The fourth-order valence-electron chi connectivity index (χ4n) is 2.69. The number of halogens is 1. The number of aromatic nitrogens is 1. The summed E-state index contributed by atoms with van der Waals surface area (Å²) in [7, 11) is 2.49. The number of fused-ring (bicyclic) bond motifs is 1. The summed E-state index contributed by atoms with van der Waals surface area (Å²) in [5.41, 5.74) is 1.75. The lowest BCUT2D eigenvalue weighted by atomic mass is 9.94. The summed E-state index contributed by atoms with van der Waals surface area (Å²) in [5, 5.41) is 1.14. The number of methoxy groups -OCH3 is 2. The number of carbonyl (C=O) groups is 2. The minimum Gasteiger partial charge on any atom is -0.465 e. The zero-order valence-electron chi connectivity index (χ0n) is 13.6. The van der Waals surface area contributed by atoms with Crippen LogP contribution in [0.2, 0.25) is 5.02 Å². The van der Waals surface area contributed by atoms with Gasteiger partial charge in [-0.15, -0.1) is 0 Å². The number of esters is 2. The van der Waals surface area contributed by atoms with E-state index in [1.165, 1.54) is 14.2 Å². The fraction of sp³-hybridized carbons (Fsp3) is 0.105. The van der Waals surface area contributed by atoms with Crippen LogP contribution in [-0.4, -0.2) is 31.1 Å². The third kappa shape index (κ3) is 3.06. The number of ether oxygens (including phenoxy) is 2. The van der Waals surface area contributed by atoms with E-state index >= 15 is 0 Å². The van der Waals surface area contributed by atoms with Gasteiger partial charge >= 0.3 is 11.9 Å². The maximum absolute atomic E-state index is 12.5. The molecule has 25 heavy (non-hydrogen) atoms. The number of benzene rings is 2. The van der Waals surface area contributed by atoms with Crippen LogP contribution in [0.25, 0.3) is 22.0 Å². The Morgan fingerprint density at radius 1 is 0.960 bits per heavy atom. The molecule has 0 aliphatic heterocycles. The monoisotopic (exact) mass is 355 g/mol. The molecule has 0 fully saturated rings. The lowest BCUT2D eigenvalue weighted by molar-refractivity contribution is 0.0551. The molecule has 0 aliphatic rings. The standard InChI is InChI=1S/C19H14ClNO4/c1-24-18(22)16-15(11-6-4-3-5-7-11)13-10-12(20)8-9-14(13)21-17(16)19(23)25-2/h3-10H,1-2H3. The Labute approximate surface area is 149 Å². The highest BCUT2D eigenvalue weighted by molar-refractivity contribution is 6.31. The summed E-state index contributed by atoms with van der Waals surface area (Å²) in [5.74, 6) is -1.39. The van der Waals surface area contributed by atoms with E-state index in [2.05, 4.69) is 4.98 Å². The highest BCUT2D eigenvalue weighted by Crippen LogP contribution is 2.35. The molecule has 0 saturated heterocycles. The molecule has 0 amide bonds. The van der Waals surface area contributed by atoms with Crippen molar-refractivity contribution < 1.29 is 19.1 Å². The van der Waals surface area contributed by atoms with Gasteiger partial charge in [0.25, 0.3) is 0 Å². The lowest BCUT2D eigenvalue weighted by Gasteiger charge is -2.15. The first-order valence-electron chi connectivity index (χ1n) is 7.42. The molecular weight excluding hydrogens is 342 g/mol. The summed E-state index contributed by atoms with van der Waals surface area (Å²) >= 11 is 6.14. The Balaban J connectivity index is 2.51. The number of hydrogen-bond donors (Lipinski definition) is 0. The smallest absolute Gasteiger partial charge is 0.357 e. The van der Waals surface area contributed by atoms with Gasteiger partial charge in [0.15, 0.2) is 5.69 Å². The first kappa shape index (κ1) is 16.9. The molecule has 1 heterocycles. The van der Waals surface area contributed by atoms with E-state index in [4.69, 9.17) is 21.1 Å². The Kier molecular flexibility index (Phi) is 4.67. The second kappa shape index (κ2) is 6.91. The summed E-state index contributed by atoms with van der Waals surface area (Å²) in [6.45, 7) is 0. The van der Waals surface area contributed by atoms with E-state index in [1.54, 1.807) is 18.2 Å². The first-order valence-corrected chi connectivity index (χ1v) is 7.80. The van der Waals surface area contributed by atoms with E-state index in [0.717, 1.165) is 5.56 Å². The summed E-state index contributed by atoms with van der Waals surface area (Å²) in [4.78, 5) is 29.0. The summed E-state index contributed by atoms with van der Waals surface area (Å²) in [6, 6.07) is 14.3. The molecule has 0 atom stereocenters. The van der Waals surface area contributed by atoms with Gasteiger partial charge in [-0.1, -0.05) is 41.9 Å². The van der Waals surface area contributed by atoms with Crippen molar-refractivity contribution in [2.24, 2.45) is 0 Å². The van der Waals surface area contributed by atoms with E-state index in [1.807, 2.05) is 30.3 Å². The number of nitrogens with zero attached hydrogens (tertiary/aromatic N) is 1. The van der Waals surface area contributed by atoms with E-state index in [0.29, 0.717) is 21.5 Å². The Morgan fingerprint density at radius 3 is 2.28 bits per heavy atom. The molecule has 0 unspecified atom stereocenters. The van der Waals surface area contributed by atoms with Crippen LogP contribution >= 0.6 is 11.6 Å². The normalized spacial score (nSPS) is 10.5. The van der Waals surface area contributed by atoms with Gasteiger partial charge in [-0.2, -0.15) is 0 Å². The molecule has 0 bridgehead atoms. The molecule has 0 spiro atoms. The van der Waals surface area contributed by atoms with Crippen LogP contribution in [0.5, 0.6) is 0 Å². The van der Waals surface area contributed by atoms with Crippen LogP contribution in [0.3, 0.4) is 0 Å². The van der Waals surface area contributed by atoms with Crippen molar-refractivity contribution in [3.05, 3.63) is 64.8 Å².